The highest BCUT2D eigenvalue weighted by Gasteiger charge is 2.52. The summed E-state index contributed by atoms with van der Waals surface area (Å²) in [6.45, 7) is 0. The lowest BCUT2D eigenvalue weighted by Crippen LogP contribution is -2.60. The molecule has 3 N–H and O–H groups in total. The van der Waals surface area contributed by atoms with Crippen molar-refractivity contribution in [3.8, 4) is 11.5 Å². The molecule has 0 saturated heterocycles. The van der Waals surface area contributed by atoms with Gasteiger partial charge in [0.15, 0.2) is 5.75 Å². The first-order valence-electron chi connectivity index (χ1n) is 9.12. The van der Waals surface area contributed by atoms with Crippen LogP contribution >= 0.6 is 0 Å². The highest BCUT2D eigenvalue weighted by molar-refractivity contribution is 6.02. The van der Waals surface area contributed by atoms with Crippen LogP contribution in [0.5, 0.6) is 11.5 Å². The monoisotopic (exact) mass is 400 g/mol. The number of phenolic OH excluding ortho intramolecular Hbond substituents is 2. The van der Waals surface area contributed by atoms with Crippen LogP contribution in [0.4, 0.5) is 18.9 Å². The first-order chi connectivity index (χ1) is 13.0. The van der Waals surface area contributed by atoms with E-state index in [1.54, 1.807) is 0 Å². The minimum atomic E-state index is -5.12. The zero-order valence-electron chi connectivity index (χ0n) is 14.8. The number of halogens is 3. The lowest BCUT2D eigenvalue weighted by molar-refractivity contribution is -0.386. The Labute approximate surface area is 157 Å². The molecule has 0 atom stereocenters. The number of aromatic hydroxyl groups is 2. The van der Waals surface area contributed by atoms with Crippen LogP contribution in [0.1, 0.15) is 54.4 Å². The molecule has 4 aliphatic carbocycles. The molecule has 4 saturated carbocycles. The Bertz CT molecular complexity index is 832. The summed E-state index contributed by atoms with van der Waals surface area (Å²) in [7, 11) is 0. The lowest BCUT2D eigenvalue weighted by atomic mass is 9.53. The number of benzene rings is 1. The summed E-state index contributed by atoms with van der Waals surface area (Å²) in [4.78, 5) is 22.9. The average molecular weight is 400 g/mol. The maximum atomic E-state index is 13.5. The van der Waals surface area contributed by atoms with Gasteiger partial charge in [-0.05, 0) is 62.3 Å². The van der Waals surface area contributed by atoms with Crippen LogP contribution in [-0.2, 0) is 6.18 Å². The lowest BCUT2D eigenvalue weighted by Gasteiger charge is -2.56. The van der Waals surface area contributed by atoms with Crippen molar-refractivity contribution in [1.82, 2.24) is 5.32 Å². The molecule has 1 amide bonds. The highest BCUT2D eigenvalue weighted by atomic mass is 19.4. The van der Waals surface area contributed by atoms with Crippen molar-refractivity contribution in [1.29, 1.82) is 0 Å². The SMILES string of the molecule is O=C(NC12CC3CC(CC(C3)C1)C2)c1c(C(F)(F)F)cc(O)c(O)c1[N+](=O)[O-]. The molecule has 0 unspecified atom stereocenters. The number of rotatable bonds is 3. The maximum Gasteiger partial charge on any atom is 0.417 e. The predicted octanol–water partition coefficient (Wildman–Crippen LogP) is 3.72. The second kappa shape index (κ2) is 5.99. The molecule has 4 fully saturated rings. The Morgan fingerprint density at radius 3 is 2.07 bits per heavy atom. The van der Waals surface area contributed by atoms with Crippen molar-refractivity contribution in [3.05, 3.63) is 27.3 Å². The minimum Gasteiger partial charge on any atom is -0.504 e. The van der Waals surface area contributed by atoms with Gasteiger partial charge in [0.25, 0.3) is 5.91 Å². The van der Waals surface area contributed by atoms with E-state index in [-0.39, 0.29) is 6.07 Å². The second-order valence-corrected chi connectivity index (χ2v) is 8.42. The van der Waals surface area contributed by atoms with Crippen LogP contribution in [-0.4, -0.2) is 26.6 Å². The van der Waals surface area contributed by atoms with E-state index in [0.29, 0.717) is 37.0 Å². The molecule has 0 radical (unpaired) electrons. The van der Waals surface area contributed by atoms with Gasteiger partial charge >= 0.3 is 11.9 Å². The van der Waals surface area contributed by atoms with Gasteiger partial charge in [0.05, 0.1) is 10.5 Å². The Morgan fingerprint density at radius 1 is 1.14 bits per heavy atom. The number of nitrogens with one attached hydrogen (secondary N) is 1. The zero-order valence-corrected chi connectivity index (χ0v) is 14.8. The van der Waals surface area contributed by atoms with Crippen molar-refractivity contribution in [3.63, 3.8) is 0 Å². The number of hydrogen-bond acceptors (Lipinski definition) is 5. The van der Waals surface area contributed by atoms with Crippen molar-refractivity contribution >= 4 is 11.6 Å². The van der Waals surface area contributed by atoms with Gasteiger partial charge in [-0.1, -0.05) is 0 Å². The Morgan fingerprint density at radius 2 is 1.64 bits per heavy atom. The molecule has 4 aliphatic rings. The summed E-state index contributed by atoms with van der Waals surface area (Å²) >= 11 is 0. The van der Waals surface area contributed by atoms with Gasteiger partial charge in [-0.3, -0.25) is 14.9 Å². The van der Waals surface area contributed by atoms with E-state index in [0.717, 1.165) is 19.3 Å². The van der Waals surface area contributed by atoms with Gasteiger partial charge in [0.1, 0.15) is 5.56 Å². The Balaban J connectivity index is 1.77. The molecule has 7 nitrogen and oxygen atoms in total. The number of nitro groups is 1. The summed E-state index contributed by atoms with van der Waals surface area (Å²) in [6.07, 6.45) is -0.0584. The van der Waals surface area contributed by atoms with Crippen molar-refractivity contribution < 1.29 is 33.1 Å². The summed E-state index contributed by atoms with van der Waals surface area (Å²) < 4.78 is 40.4. The molecule has 0 aromatic heterocycles. The van der Waals surface area contributed by atoms with Crippen molar-refractivity contribution in [2.45, 2.75) is 50.2 Å². The molecular formula is C18H19F3N2O5. The van der Waals surface area contributed by atoms with E-state index in [1.165, 1.54) is 0 Å². The van der Waals surface area contributed by atoms with E-state index in [4.69, 9.17) is 0 Å². The summed E-state index contributed by atoms with van der Waals surface area (Å²) in [5, 5.41) is 33.3. The number of carbonyl (C=O) groups excluding carboxylic acids is 1. The van der Waals surface area contributed by atoms with Gasteiger partial charge in [-0.15, -0.1) is 0 Å². The van der Waals surface area contributed by atoms with E-state index in [9.17, 15) is 38.3 Å². The van der Waals surface area contributed by atoms with E-state index in [2.05, 4.69) is 5.32 Å². The van der Waals surface area contributed by atoms with Crippen molar-refractivity contribution in [2.24, 2.45) is 17.8 Å². The molecule has 1 aromatic carbocycles. The van der Waals surface area contributed by atoms with Gasteiger partial charge in [-0.2, -0.15) is 13.2 Å². The molecule has 10 heteroatoms. The number of alkyl halides is 3. The summed E-state index contributed by atoms with van der Waals surface area (Å²) in [6, 6.07) is 0.150. The molecule has 0 aliphatic heterocycles. The van der Waals surface area contributed by atoms with Gasteiger partial charge in [-0.25, -0.2) is 0 Å². The standard InChI is InChI=1S/C18H19F3N2O5/c19-18(20,21)11-4-12(24)15(25)14(23(27)28)13(11)16(26)22-17-5-8-1-9(6-17)3-10(2-8)7-17/h4,8-10,24-25H,1-3,5-7H2,(H,22,26). The molecular weight excluding hydrogens is 381 g/mol. The van der Waals surface area contributed by atoms with Gasteiger partial charge < -0.3 is 15.5 Å². The highest BCUT2D eigenvalue weighted by Crippen LogP contribution is 2.56. The second-order valence-electron chi connectivity index (χ2n) is 8.42. The number of nitro benzene ring substituents is 1. The normalized spacial score (nSPS) is 31.0. The van der Waals surface area contributed by atoms with E-state index in [1.807, 2.05) is 0 Å². The van der Waals surface area contributed by atoms with Crippen LogP contribution in [0.2, 0.25) is 0 Å². The Hall–Kier alpha value is -2.52. The molecule has 28 heavy (non-hydrogen) atoms. The van der Waals surface area contributed by atoms with Gasteiger partial charge in [0.2, 0.25) is 5.75 Å². The van der Waals surface area contributed by atoms with Crippen LogP contribution in [0.15, 0.2) is 6.07 Å². The Kier molecular flexibility index (Phi) is 4.03. The third-order valence-corrected chi connectivity index (χ3v) is 6.39. The fourth-order valence-electron chi connectivity index (χ4n) is 5.84. The molecule has 0 spiro atoms. The van der Waals surface area contributed by atoms with Crippen LogP contribution in [0, 0.1) is 27.9 Å². The molecule has 0 heterocycles. The van der Waals surface area contributed by atoms with Crippen molar-refractivity contribution in [2.75, 3.05) is 0 Å². The fraction of sp³-hybridized carbons (Fsp3) is 0.611. The molecule has 4 bridgehead atoms. The fourth-order valence-corrected chi connectivity index (χ4v) is 5.84. The topological polar surface area (TPSA) is 113 Å². The number of carbonyl (C=O) groups is 1. The first-order valence-corrected chi connectivity index (χ1v) is 9.12. The third kappa shape index (κ3) is 2.94. The minimum absolute atomic E-state index is 0.150. The van der Waals surface area contributed by atoms with Crippen LogP contribution in [0.25, 0.3) is 0 Å². The maximum absolute atomic E-state index is 13.5. The van der Waals surface area contributed by atoms with E-state index < -0.39 is 50.9 Å². The van der Waals surface area contributed by atoms with Crippen LogP contribution in [0.3, 0.4) is 0 Å². The number of hydrogen-bond donors (Lipinski definition) is 3. The van der Waals surface area contributed by atoms with E-state index >= 15 is 0 Å². The summed E-state index contributed by atoms with van der Waals surface area (Å²) in [5.74, 6) is -2.69. The van der Waals surface area contributed by atoms with Crippen LogP contribution < -0.4 is 5.32 Å². The predicted molar refractivity (Wildman–Crippen MR) is 89.8 cm³/mol. The zero-order chi connectivity index (χ0) is 20.4. The molecule has 1 aromatic rings. The largest absolute Gasteiger partial charge is 0.504 e. The number of amides is 1. The number of phenols is 2. The third-order valence-electron chi connectivity index (χ3n) is 6.39. The molecule has 152 valence electrons. The number of nitrogens with zero attached hydrogens (tertiary/aromatic N) is 1. The average Bonchev–Trinajstić information content (AvgIpc) is 2.53. The first kappa shape index (κ1) is 18.8. The quantitative estimate of drug-likeness (QED) is 0.407. The summed E-state index contributed by atoms with van der Waals surface area (Å²) in [5.41, 5.74) is -5.01. The van der Waals surface area contributed by atoms with Gasteiger partial charge in [0, 0.05) is 5.54 Å². The molecule has 5 rings (SSSR count). The smallest absolute Gasteiger partial charge is 0.417 e.